The van der Waals surface area contributed by atoms with Gasteiger partial charge in [0.2, 0.25) is 11.8 Å². The fourth-order valence-corrected chi connectivity index (χ4v) is 10.3. The molecule has 0 aromatic heterocycles. The lowest BCUT2D eigenvalue weighted by Crippen LogP contribution is -2.55. The summed E-state index contributed by atoms with van der Waals surface area (Å²) < 4.78 is 0. The molecule has 4 heteroatoms. The third-order valence-corrected chi connectivity index (χ3v) is 10.9. The number of nitrogens with one attached hydrogen (secondary N) is 2. The van der Waals surface area contributed by atoms with Gasteiger partial charge in [-0.2, -0.15) is 0 Å². The van der Waals surface area contributed by atoms with Gasteiger partial charge in [0.25, 0.3) is 0 Å². The summed E-state index contributed by atoms with van der Waals surface area (Å²) in [4.78, 5) is 27.6. The molecule has 4 nitrogen and oxygen atoms in total. The highest BCUT2D eigenvalue weighted by Gasteiger charge is 2.56. The molecule has 9 rings (SSSR count). The van der Waals surface area contributed by atoms with Crippen LogP contribution in [0.15, 0.2) is 35.7 Å². The maximum atomic E-state index is 13.8. The number of hydrogen-bond acceptors (Lipinski definition) is 2. The van der Waals surface area contributed by atoms with Crippen molar-refractivity contribution in [2.75, 3.05) is 0 Å². The van der Waals surface area contributed by atoms with Gasteiger partial charge in [-0.25, -0.2) is 0 Å². The summed E-state index contributed by atoms with van der Waals surface area (Å²) >= 11 is 0. The number of amides is 2. The normalized spacial score (nSPS) is 49.9. The molecule has 0 aromatic rings. The van der Waals surface area contributed by atoms with Crippen molar-refractivity contribution in [3.05, 3.63) is 35.7 Å². The summed E-state index contributed by atoms with van der Waals surface area (Å²) in [6, 6.07) is 0. The highest BCUT2D eigenvalue weighted by Crippen LogP contribution is 2.61. The molecule has 2 N–H and O–H groups in total. The number of carbonyl (C=O) groups is 2. The third kappa shape index (κ3) is 3.54. The standard InChI is InChI=1S/C30H40N2O2/c33-27(29-13-19-7-20(14-29)9-21(8-19)15-29)31-25-5-3-1-2-4-6-26(25)32-28(34)30-16-22-10-23(17-30)12-24(11-22)18-30/h1-2,5-6,19-24H,3-4,7-18H2,(H,31,33)(H,32,34)/b2-1-,25-5+,26-6+. The van der Waals surface area contributed by atoms with E-state index in [2.05, 4.69) is 34.9 Å². The van der Waals surface area contributed by atoms with Crippen LogP contribution in [-0.2, 0) is 9.59 Å². The Morgan fingerprint density at radius 2 is 0.853 bits per heavy atom. The van der Waals surface area contributed by atoms with Crippen molar-refractivity contribution in [3.8, 4) is 0 Å². The molecule has 9 aliphatic rings. The van der Waals surface area contributed by atoms with Crippen LogP contribution in [-0.4, -0.2) is 11.8 Å². The van der Waals surface area contributed by atoms with Crippen LogP contribution in [0, 0.1) is 46.3 Å². The molecule has 34 heavy (non-hydrogen) atoms. The van der Waals surface area contributed by atoms with Crippen molar-refractivity contribution in [3.63, 3.8) is 0 Å². The number of carbonyl (C=O) groups excluding carboxylic acids is 2. The summed E-state index contributed by atoms with van der Waals surface area (Å²) in [5.74, 6) is 4.92. The average molecular weight is 461 g/mol. The largest absolute Gasteiger partial charge is 0.324 e. The molecule has 0 aromatic carbocycles. The van der Waals surface area contributed by atoms with Crippen molar-refractivity contribution in [2.45, 2.75) is 89.9 Å². The molecule has 0 aliphatic heterocycles. The minimum atomic E-state index is -0.178. The maximum absolute atomic E-state index is 13.8. The smallest absolute Gasteiger partial charge is 0.230 e. The molecule has 0 heterocycles. The molecule has 8 fully saturated rings. The Kier molecular flexibility index (Phi) is 4.94. The van der Waals surface area contributed by atoms with E-state index in [4.69, 9.17) is 0 Å². The summed E-state index contributed by atoms with van der Waals surface area (Å²) in [6.45, 7) is 0. The lowest BCUT2D eigenvalue weighted by Gasteiger charge is -2.56. The molecule has 0 unspecified atom stereocenters. The van der Waals surface area contributed by atoms with Crippen LogP contribution in [0.3, 0.4) is 0 Å². The van der Waals surface area contributed by atoms with E-state index in [0.29, 0.717) is 0 Å². The monoisotopic (exact) mass is 460 g/mol. The first-order valence-corrected chi connectivity index (χ1v) is 14.2. The van der Waals surface area contributed by atoms with Crippen LogP contribution in [0.25, 0.3) is 0 Å². The molecule has 0 radical (unpaired) electrons. The van der Waals surface area contributed by atoms with E-state index in [1.807, 2.05) is 0 Å². The Morgan fingerprint density at radius 3 is 1.15 bits per heavy atom. The minimum absolute atomic E-state index is 0.178. The van der Waals surface area contributed by atoms with Crippen molar-refractivity contribution >= 4 is 11.8 Å². The molecule has 2 amide bonds. The van der Waals surface area contributed by atoms with Gasteiger partial charge in [0.15, 0.2) is 0 Å². The van der Waals surface area contributed by atoms with Gasteiger partial charge in [-0.3, -0.25) is 9.59 Å². The Balaban J connectivity index is 1.11. The average Bonchev–Trinajstić information content (AvgIpc) is 2.76. The fourth-order valence-electron chi connectivity index (χ4n) is 10.3. The van der Waals surface area contributed by atoms with Gasteiger partial charge in [0, 0.05) is 0 Å². The third-order valence-electron chi connectivity index (χ3n) is 10.9. The summed E-state index contributed by atoms with van der Waals surface area (Å²) in [5, 5.41) is 6.76. The summed E-state index contributed by atoms with van der Waals surface area (Å²) in [6.07, 6.45) is 24.6. The van der Waals surface area contributed by atoms with Crippen LogP contribution in [0.1, 0.15) is 89.9 Å². The lowest BCUT2D eigenvalue weighted by molar-refractivity contribution is -0.146. The van der Waals surface area contributed by atoms with Gasteiger partial charge in [0.05, 0.1) is 22.2 Å². The van der Waals surface area contributed by atoms with Crippen LogP contribution in [0.5, 0.6) is 0 Å². The second kappa shape index (κ2) is 7.83. The Morgan fingerprint density at radius 1 is 0.559 bits per heavy atom. The zero-order valence-electron chi connectivity index (χ0n) is 20.5. The first-order valence-electron chi connectivity index (χ1n) is 14.2. The topological polar surface area (TPSA) is 58.2 Å². The SMILES string of the molecule is O=C(NC1=C/C/C=C\C/C=C\1NC(=O)C12CC3CC(CC(C3)C1)C2)C12CC3CC(CC(C3)C1)C2. The van der Waals surface area contributed by atoms with E-state index < -0.39 is 0 Å². The van der Waals surface area contributed by atoms with Crippen LogP contribution < -0.4 is 10.6 Å². The molecular weight excluding hydrogens is 420 g/mol. The van der Waals surface area contributed by atoms with E-state index in [9.17, 15) is 9.59 Å². The van der Waals surface area contributed by atoms with Gasteiger partial charge < -0.3 is 10.6 Å². The van der Waals surface area contributed by atoms with E-state index in [0.717, 1.165) is 98.3 Å². The second-order valence-corrected chi connectivity index (χ2v) is 13.5. The molecular formula is C30H40N2O2. The Hall–Kier alpha value is -1.84. The quantitative estimate of drug-likeness (QED) is 0.523. The van der Waals surface area contributed by atoms with Crippen molar-refractivity contribution in [1.29, 1.82) is 0 Å². The summed E-state index contributed by atoms with van der Waals surface area (Å²) in [5.41, 5.74) is 1.32. The molecule has 8 saturated carbocycles. The number of rotatable bonds is 4. The molecule has 8 bridgehead atoms. The highest BCUT2D eigenvalue weighted by molar-refractivity contribution is 5.88. The lowest BCUT2D eigenvalue weighted by atomic mass is 9.49. The Labute approximate surface area is 204 Å². The zero-order valence-corrected chi connectivity index (χ0v) is 20.5. The second-order valence-electron chi connectivity index (χ2n) is 13.5. The fraction of sp³-hybridized carbons (Fsp3) is 0.733. The van der Waals surface area contributed by atoms with Gasteiger partial charge in [-0.15, -0.1) is 0 Å². The number of hydrogen-bond donors (Lipinski definition) is 2. The van der Waals surface area contributed by atoms with Crippen LogP contribution in [0.4, 0.5) is 0 Å². The molecule has 0 spiro atoms. The van der Waals surface area contributed by atoms with Gasteiger partial charge in [0.1, 0.15) is 0 Å². The highest BCUT2D eigenvalue weighted by atomic mass is 16.2. The number of allylic oxidation sites excluding steroid dienone is 4. The van der Waals surface area contributed by atoms with Crippen molar-refractivity contribution in [1.82, 2.24) is 10.6 Å². The van der Waals surface area contributed by atoms with Crippen molar-refractivity contribution in [2.24, 2.45) is 46.3 Å². The zero-order chi connectivity index (χ0) is 22.9. The van der Waals surface area contributed by atoms with E-state index in [1.165, 1.54) is 38.5 Å². The maximum Gasteiger partial charge on any atom is 0.230 e. The summed E-state index contributed by atoms with van der Waals surface area (Å²) in [7, 11) is 0. The first kappa shape index (κ1) is 21.4. The predicted molar refractivity (Wildman–Crippen MR) is 132 cm³/mol. The van der Waals surface area contributed by atoms with Gasteiger partial charge >= 0.3 is 0 Å². The van der Waals surface area contributed by atoms with Crippen molar-refractivity contribution < 1.29 is 9.59 Å². The first-order chi connectivity index (χ1) is 16.5. The Bertz CT molecular complexity index is 837. The molecule has 0 saturated heterocycles. The van der Waals surface area contributed by atoms with E-state index in [-0.39, 0.29) is 22.6 Å². The van der Waals surface area contributed by atoms with Crippen LogP contribution >= 0.6 is 0 Å². The predicted octanol–water partition coefficient (Wildman–Crippen LogP) is 5.77. The van der Waals surface area contributed by atoms with Crippen LogP contribution in [0.2, 0.25) is 0 Å². The van der Waals surface area contributed by atoms with Gasteiger partial charge in [-0.05, 0) is 125 Å². The van der Waals surface area contributed by atoms with E-state index >= 15 is 0 Å². The molecule has 0 atom stereocenters. The van der Waals surface area contributed by atoms with Gasteiger partial charge in [-0.1, -0.05) is 24.3 Å². The molecule has 9 aliphatic carbocycles. The van der Waals surface area contributed by atoms with E-state index in [1.54, 1.807) is 0 Å². The molecule has 182 valence electrons. The minimum Gasteiger partial charge on any atom is -0.324 e.